The summed E-state index contributed by atoms with van der Waals surface area (Å²) in [7, 11) is 1.53. The number of carbonyl (C=O) groups is 3. The maximum Gasteiger partial charge on any atom is 0.318 e. The number of likely N-dealkylation sites (tertiary alicyclic amines) is 1. The third kappa shape index (κ3) is 3.35. The summed E-state index contributed by atoms with van der Waals surface area (Å²) in [5, 5.41) is 13.8. The molecule has 3 amide bonds. The van der Waals surface area contributed by atoms with Gasteiger partial charge in [0, 0.05) is 20.1 Å². The standard InChI is InChI=1S/C11H19N3O4/c1-7(10(16)17)6-13-11(18)14-5-3-4-8(14)9(15)12-2/h7-8H,3-6H2,1-2H3,(H,12,15)(H,13,18)(H,16,17). The Hall–Kier alpha value is -1.79. The monoisotopic (exact) mass is 257 g/mol. The van der Waals surface area contributed by atoms with Crippen LogP contribution >= 0.6 is 0 Å². The number of nitrogens with one attached hydrogen (secondary N) is 2. The summed E-state index contributed by atoms with van der Waals surface area (Å²) >= 11 is 0. The average Bonchev–Trinajstić information content (AvgIpc) is 2.83. The number of rotatable bonds is 4. The van der Waals surface area contributed by atoms with Gasteiger partial charge in [-0.2, -0.15) is 0 Å². The van der Waals surface area contributed by atoms with E-state index < -0.39 is 17.9 Å². The van der Waals surface area contributed by atoms with E-state index >= 15 is 0 Å². The number of carboxylic acid groups (broad SMARTS) is 1. The summed E-state index contributed by atoms with van der Waals surface area (Å²) in [5.41, 5.74) is 0. The van der Waals surface area contributed by atoms with Gasteiger partial charge in [-0.15, -0.1) is 0 Å². The molecule has 1 fully saturated rings. The molecule has 7 heteroatoms. The Labute approximate surface area is 106 Å². The molecule has 0 aromatic carbocycles. The highest BCUT2D eigenvalue weighted by Gasteiger charge is 2.33. The van der Waals surface area contributed by atoms with E-state index in [-0.39, 0.29) is 18.5 Å². The van der Waals surface area contributed by atoms with Crippen LogP contribution in [0.25, 0.3) is 0 Å². The molecular weight excluding hydrogens is 238 g/mol. The van der Waals surface area contributed by atoms with Gasteiger partial charge < -0.3 is 20.6 Å². The van der Waals surface area contributed by atoms with Gasteiger partial charge >= 0.3 is 12.0 Å². The molecule has 0 saturated carbocycles. The molecule has 0 bridgehead atoms. The van der Waals surface area contributed by atoms with Crippen molar-refractivity contribution in [3.8, 4) is 0 Å². The maximum atomic E-state index is 11.8. The minimum Gasteiger partial charge on any atom is -0.481 e. The van der Waals surface area contributed by atoms with Crippen LogP contribution in [0.1, 0.15) is 19.8 Å². The fraction of sp³-hybridized carbons (Fsp3) is 0.727. The van der Waals surface area contributed by atoms with E-state index in [1.54, 1.807) is 0 Å². The first-order chi connectivity index (χ1) is 8.47. The highest BCUT2D eigenvalue weighted by atomic mass is 16.4. The Balaban J connectivity index is 2.50. The van der Waals surface area contributed by atoms with Crippen molar-refractivity contribution >= 4 is 17.9 Å². The molecule has 102 valence electrons. The van der Waals surface area contributed by atoms with E-state index in [2.05, 4.69) is 10.6 Å². The number of hydrogen-bond donors (Lipinski definition) is 3. The van der Waals surface area contributed by atoms with Gasteiger partial charge in [0.1, 0.15) is 6.04 Å². The van der Waals surface area contributed by atoms with Gasteiger partial charge in [0.15, 0.2) is 0 Å². The van der Waals surface area contributed by atoms with Gasteiger partial charge in [0.2, 0.25) is 5.91 Å². The number of likely N-dealkylation sites (N-methyl/N-ethyl adjacent to an activating group) is 1. The van der Waals surface area contributed by atoms with Crippen molar-refractivity contribution in [3.05, 3.63) is 0 Å². The third-order valence-corrected chi connectivity index (χ3v) is 3.04. The van der Waals surface area contributed by atoms with Crippen LogP contribution in [0.5, 0.6) is 0 Å². The molecule has 2 atom stereocenters. The average molecular weight is 257 g/mol. The van der Waals surface area contributed by atoms with Gasteiger partial charge in [-0.05, 0) is 12.8 Å². The lowest BCUT2D eigenvalue weighted by molar-refractivity contribution is -0.140. The van der Waals surface area contributed by atoms with E-state index in [4.69, 9.17) is 5.11 Å². The summed E-state index contributed by atoms with van der Waals surface area (Å²) in [6.45, 7) is 2.10. The molecule has 1 saturated heterocycles. The number of nitrogens with zero attached hydrogens (tertiary/aromatic N) is 1. The molecule has 18 heavy (non-hydrogen) atoms. The number of amides is 3. The van der Waals surface area contributed by atoms with Gasteiger partial charge in [0.25, 0.3) is 0 Å². The molecular formula is C11H19N3O4. The highest BCUT2D eigenvalue weighted by molar-refractivity contribution is 5.87. The molecule has 0 spiro atoms. The second kappa shape index (κ2) is 6.23. The normalized spacial score (nSPS) is 20.3. The summed E-state index contributed by atoms with van der Waals surface area (Å²) in [5.74, 6) is -1.79. The van der Waals surface area contributed by atoms with Gasteiger partial charge in [-0.3, -0.25) is 9.59 Å². The van der Waals surface area contributed by atoms with E-state index in [1.807, 2.05) is 0 Å². The Morgan fingerprint density at radius 3 is 2.67 bits per heavy atom. The minimum atomic E-state index is -0.959. The van der Waals surface area contributed by atoms with Crippen LogP contribution in [-0.2, 0) is 9.59 Å². The first-order valence-electron chi connectivity index (χ1n) is 5.96. The quantitative estimate of drug-likeness (QED) is 0.639. The van der Waals surface area contributed by atoms with Crippen LogP contribution in [0.4, 0.5) is 4.79 Å². The number of aliphatic carboxylic acids is 1. The summed E-state index contributed by atoms with van der Waals surface area (Å²) in [6, 6.07) is -0.829. The fourth-order valence-corrected chi connectivity index (χ4v) is 1.88. The molecule has 0 aliphatic carbocycles. The van der Waals surface area contributed by atoms with Gasteiger partial charge in [0.05, 0.1) is 5.92 Å². The number of carboxylic acids is 1. The first kappa shape index (κ1) is 14.3. The van der Waals surface area contributed by atoms with E-state index in [9.17, 15) is 14.4 Å². The van der Waals surface area contributed by atoms with Gasteiger partial charge in [-0.25, -0.2) is 4.79 Å². The summed E-state index contributed by atoms with van der Waals surface area (Å²) in [4.78, 5) is 35.5. The van der Waals surface area contributed by atoms with Crippen molar-refractivity contribution in [1.29, 1.82) is 0 Å². The second-order valence-electron chi connectivity index (χ2n) is 4.39. The maximum absolute atomic E-state index is 11.8. The predicted octanol–water partition coefficient (Wildman–Crippen LogP) is -0.373. The Kier molecular flexibility index (Phi) is 4.94. The van der Waals surface area contributed by atoms with Crippen molar-refractivity contribution < 1.29 is 19.5 Å². The zero-order chi connectivity index (χ0) is 13.7. The van der Waals surface area contributed by atoms with Crippen LogP contribution in [0.3, 0.4) is 0 Å². The highest BCUT2D eigenvalue weighted by Crippen LogP contribution is 2.17. The SMILES string of the molecule is CNC(=O)C1CCCN1C(=O)NCC(C)C(=O)O. The molecule has 0 radical (unpaired) electrons. The van der Waals surface area contributed by atoms with Crippen LogP contribution in [0, 0.1) is 5.92 Å². The van der Waals surface area contributed by atoms with Crippen molar-refractivity contribution in [2.75, 3.05) is 20.1 Å². The zero-order valence-electron chi connectivity index (χ0n) is 10.6. The van der Waals surface area contributed by atoms with E-state index in [0.29, 0.717) is 13.0 Å². The molecule has 1 heterocycles. The smallest absolute Gasteiger partial charge is 0.318 e. The predicted molar refractivity (Wildman–Crippen MR) is 64.0 cm³/mol. The van der Waals surface area contributed by atoms with Crippen LogP contribution in [-0.4, -0.2) is 54.1 Å². The van der Waals surface area contributed by atoms with Crippen LogP contribution in [0.2, 0.25) is 0 Å². The second-order valence-corrected chi connectivity index (χ2v) is 4.39. The molecule has 0 aromatic rings. The molecule has 0 aromatic heterocycles. The fourth-order valence-electron chi connectivity index (χ4n) is 1.88. The third-order valence-electron chi connectivity index (χ3n) is 3.04. The molecule has 7 nitrogen and oxygen atoms in total. The van der Waals surface area contributed by atoms with E-state index in [0.717, 1.165) is 6.42 Å². The van der Waals surface area contributed by atoms with Crippen molar-refractivity contribution in [2.45, 2.75) is 25.8 Å². The van der Waals surface area contributed by atoms with E-state index in [1.165, 1.54) is 18.9 Å². The zero-order valence-corrected chi connectivity index (χ0v) is 10.6. The topological polar surface area (TPSA) is 98.7 Å². The Bertz CT molecular complexity index is 345. The minimum absolute atomic E-state index is 0.0606. The number of urea groups is 1. The lowest BCUT2D eigenvalue weighted by Crippen LogP contribution is -2.49. The summed E-state index contributed by atoms with van der Waals surface area (Å²) in [6.07, 6.45) is 1.42. The molecule has 2 unspecified atom stereocenters. The number of carbonyl (C=O) groups excluding carboxylic acids is 2. The molecule has 1 rings (SSSR count). The molecule has 1 aliphatic heterocycles. The summed E-state index contributed by atoms with van der Waals surface area (Å²) < 4.78 is 0. The first-order valence-corrected chi connectivity index (χ1v) is 5.96. The van der Waals surface area contributed by atoms with Gasteiger partial charge in [-0.1, -0.05) is 6.92 Å². The molecule has 1 aliphatic rings. The van der Waals surface area contributed by atoms with Crippen LogP contribution in [0.15, 0.2) is 0 Å². The lowest BCUT2D eigenvalue weighted by Gasteiger charge is -2.24. The molecule has 3 N–H and O–H groups in total. The lowest BCUT2D eigenvalue weighted by atomic mass is 10.2. The van der Waals surface area contributed by atoms with Crippen molar-refractivity contribution in [3.63, 3.8) is 0 Å². The Morgan fingerprint density at radius 1 is 1.44 bits per heavy atom. The van der Waals surface area contributed by atoms with Crippen LogP contribution < -0.4 is 10.6 Å². The largest absolute Gasteiger partial charge is 0.481 e. The number of hydrogen-bond acceptors (Lipinski definition) is 3. The van der Waals surface area contributed by atoms with Crippen molar-refractivity contribution in [2.24, 2.45) is 5.92 Å². The van der Waals surface area contributed by atoms with Crippen molar-refractivity contribution in [1.82, 2.24) is 15.5 Å². The Morgan fingerprint density at radius 2 is 2.11 bits per heavy atom.